The number of hydrogen-bond acceptors (Lipinski definition) is 2. The Labute approximate surface area is 116 Å². The topological polar surface area (TPSA) is 18.5 Å². The fraction of sp³-hybridized carbons (Fsp3) is 0. The number of benzene rings is 2. The van der Waals surface area contributed by atoms with E-state index in [0.717, 1.165) is 11.1 Å². The molecule has 0 N–H and O–H groups in total. The van der Waals surface area contributed by atoms with E-state index in [1.165, 1.54) is 6.26 Å². The van der Waals surface area contributed by atoms with Crippen LogP contribution in [0.4, 0.5) is 0 Å². The molecule has 1 aliphatic rings. The second-order valence-corrected chi connectivity index (χ2v) is 4.40. The van der Waals surface area contributed by atoms with Gasteiger partial charge in [-0.15, -0.1) is 0 Å². The van der Waals surface area contributed by atoms with E-state index in [0.29, 0.717) is 11.5 Å². The van der Waals surface area contributed by atoms with Gasteiger partial charge in [-0.2, -0.15) is 0 Å². The third-order valence-electron chi connectivity index (χ3n) is 2.75. The number of ether oxygens (including phenoxy) is 2. The molecule has 0 spiro atoms. The van der Waals surface area contributed by atoms with Crippen molar-refractivity contribution < 1.29 is 9.47 Å². The van der Waals surface area contributed by atoms with Crippen LogP contribution in [0.5, 0.6) is 0 Å². The van der Waals surface area contributed by atoms with Gasteiger partial charge in [0.05, 0.1) is 0 Å². The minimum absolute atomic E-state index is 0.221. The fourth-order valence-corrected chi connectivity index (χ4v) is 2.02. The van der Waals surface area contributed by atoms with Crippen LogP contribution in [0.2, 0.25) is 0 Å². The first-order valence-electron chi connectivity index (χ1n) is 5.90. The Morgan fingerprint density at radius 1 is 0.684 bits per heavy atom. The van der Waals surface area contributed by atoms with E-state index < -0.39 is 0 Å². The van der Waals surface area contributed by atoms with Crippen molar-refractivity contribution in [3.63, 3.8) is 0 Å². The lowest BCUT2D eigenvalue weighted by Crippen LogP contribution is -2.02. The highest BCUT2D eigenvalue weighted by atomic mass is 35.5. The average molecular weight is 271 g/mol. The van der Waals surface area contributed by atoms with Crippen LogP contribution >= 0.6 is 11.6 Å². The third kappa shape index (κ3) is 2.49. The Kier molecular flexibility index (Phi) is 3.25. The highest BCUT2D eigenvalue weighted by molar-refractivity contribution is 6.28. The molecule has 3 heteroatoms. The smallest absolute Gasteiger partial charge is 0.229 e. The zero-order valence-corrected chi connectivity index (χ0v) is 10.8. The number of halogens is 1. The summed E-state index contributed by atoms with van der Waals surface area (Å²) in [7, 11) is 0. The van der Waals surface area contributed by atoms with Gasteiger partial charge in [0.25, 0.3) is 0 Å². The molecule has 0 radical (unpaired) electrons. The first kappa shape index (κ1) is 11.9. The molecular weight excluding hydrogens is 260 g/mol. The normalized spacial score (nSPS) is 14.5. The molecule has 1 aliphatic heterocycles. The Balaban J connectivity index is 2.11. The van der Waals surface area contributed by atoms with E-state index in [1.807, 2.05) is 60.7 Å². The van der Waals surface area contributed by atoms with Gasteiger partial charge in [0.1, 0.15) is 6.26 Å². The Morgan fingerprint density at radius 2 is 1.21 bits per heavy atom. The molecule has 2 aromatic carbocycles. The molecule has 2 aromatic rings. The van der Waals surface area contributed by atoms with Crippen LogP contribution in [0.25, 0.3) is 11.5 Å². The zero-order valence-electron chi connectivity index (χ0n) is 10.0. The van der Waals surface area contributed by atoms with Crippen molar-refractivity contribution in [3.8, 4) is 0 Å². The Bertz CT molecular complexity index is 630. The molecule has 0 atom stereocenters. The summed E-state index contributed by atoms with van der Waals surface area (Å²) in [4.78, 5) is 0. The molecule has 2 nitrogen and oxygen atoms in total. The first-order valence-corrected chi connectivity index (χ1v) is 6.28. The van der Waals surface area contributed by atoms with E-state index in [9.17, 15) is 0 Å². The van der Waals surface area contributed by atoms with Gasteiger partial charge >= 0.3 is 0 Å². The molecule has 0 aliphatic carbocycles. The summed E-state index contributed by atoms with van der Waals surface area (Å²) in [6.45, 7) is 0. The molecule has 0 fully saturated rings. The second kappa shape index (κ2) is 5.21. The molecule has 0 aromatic heterocycles. The third-order valence-corrected chi connectivity index (χ3v) is 2.91. The molecule has 0 bridgehead atoms. The van der Waals surface area contributed by atoms with Crippen molar-refractivity contribution in [1.82, 2.24) is 0 Å². The SMILES string of the molecule is ClC1=COC(c2ccccc2)=C(c2ccccc2)O1. The summed E-state index contributed by atoms with van der Waals surface area (Å²) in [6, 6.07) is 19.5. The van der Waals surface area contributed by atoms with E-state index in [4.69, 9.17) is 21.1 Å². The molecule has 0 unspecified atom stereocenters. The average Bonchev–Trinajstić information content (AvgIpc) is 2.49. The van der Waals surface area contributed by atoms with Crippen molar-refractivity contribution in [1.29, 1.82) is 0 Å². The molecule has 1 heterocycles. The van der Waals surface area contributed by atoms with E-state index >= 15 is 0 Å². The van der Waals surface area contributed by atoms with Crippen LogP contribution < -0.4 is 0 Å². The molecular formula is C16H11ClO2. The van der Waals surface area contributed by atoms with Crippen LogP contribution in [0.3, 0.4) is 0 Å². The van der Waals surface area contributed by atoms with Crippen molar-refractivity contribution in [2.45, 2.75) is 0 Å². The molecule has 0 amide bonds. The number of hydrogen-bond donors (Lipinski definition) is 0. The van der Waals surface area contributed by atoms with E-state index in [-0.39, 0.29) is 5.22 Å². The maximum Gasteiger partial charge on any atom is 0.229 e. The lowest BCUT2D eigenvalue weighted by atomic mass is 10.1. The maximum absolute atomic E-state index is 5.89. The van der Waals surface area contributed by atoms with Crippen LogP contribution in [0, 0.1) is 0 Å². The molecule has 0 saturated heterocycles. The van der Waals surface area contributed by atoms with Gasteiger partial charge < -0.3 is 9.47 Å². The van der Waals surface area contributed by atoms with E-state index in [1.54, 1.807) is 0 Å². The minimum atomic E-state index is 0.221. The highest BCUT2D eigenvalue weighted by Crippen LogP contribution is 2.34. The summed E-state index contributed by atoms with van der Waals surface area (Å²) >= 11 is 5.89. The molecule has 94 valence electrons. The van der Waals surface area contributed by atoms with Crippen molar-refractivity contribution in [3.05, 3.63) is 83.3 Å². The van der Waals surface area contributed by atoms with Crippen LogP contribution in [-0.2, 0) is 9.47 Å². The van der Waals surface area contributed by atoms with Gasteiger partial charge in [0.15, 0.2) is 11.5 Å². The summed E-state index contributed by atoms with van der Waals surface area (Å²) in [5, 5.41) is 0.221. The van der Waals surface area contributed by atoms with Gasteiger partial charge in [0.2, 0.25) is 5.22 Å². The lowest BCUT2D eigenvalue weighted by molar-refractivity contribution is 0.323. The van der Waals surface area contributed by atoms with Crippen molar-refractivity contribution in [2.24, 2.45) is 0 Å². The molecule has 19 heavy (non-hydrogen) atoms. The van der Waals surface area contributed by atoms with Crippen molar-refractivity contribution in [2.75, 3.05) is 0 Å². The highest BCUT2D eigenvalue weighted by Gasteiger charge is 2.19. The van der Waals surface area contributed by atoms with Crippen LogP contribution in [0.1, 0.15) is 11.1 Å². The minimum Gasteiger partial charge on any atom is -0.456 e. The summed E-state index contributed by atoms with van der Waals surface area (Å²) in [5.74, 6) is 1.29. The number of rotatable bonds is 2. The predicted octanol–water partition coefficient (Wildman–Crippen LogP) is 4.60. The summed E-state index contributed by atoms with van der Waals surface area (Å²) in [6.07, 6.45) is 1.40. The van der Waals surface area contributed by atoms with Crippen molar-refractivity contribution >= 4 is 23.1 Å². The monoisotopic (exact) mass is 270 g/mol. The molecule has 3 rings (SSSR count). The Hall–Kier alpha value is -2.19. The largest absolute Gasteiger partial charge is 0.456 e. The van der Waals surface area contributed by atoms with Gasteiger partial charge in [-0.05, 0) is 11.6 Å². The quantitative estimate of drug-likeness (QED) is 0.794. The maximum atomic E-state index is 5.89. The van der Waals surface area contributed by atoms with Gasteiger partial charge in [-0.3, -0.25) is 0 Å². The fourth-order valence-electron chi connectivity index (χ4n) is 1.89. The van der Waals surface area contributed by atoms with Crippen LogP contribution in [-0.4, -0.2) is 0 Å². The summed E-state index contributed by atoms with van der Waals surface area (Å²) < 4.78 is 11.2. The van der Waals surface area contributed by atoms with Gasteiger partial charge in [-0.1, -0.05) is 60.7 Å². The summed E-state index contributed by atoms with van der Waals surface area (Å²) in [5.41, 5.74) is 1.87. The standard InChI is InChI=1S/C16H11ClO2/c17-14-11-18-15(12-7-3-1-4-8-12)16(19-14)13-9-5-2-6-10-13/h1-11H. The Morgan fingerprint density at radius 3 is 1.79 bits per heavy atom. The van der Waals surface area contributed by atoms with E-state index in [2.05, 4.69) is 0 Å². The second-order valence-electron chi connectivity index (χ2n) is 4.03. The first-order chi connectivity index (χ1) is 9.34. The van der Waals surface area contributed by atoms with Gasteiger partial charge in [-0.25, -0.2) is 0 Å². The molecule has 0 saturated carbocycles. The predicted molar refractivity (Wildman–Crippen MR) is 75.8 cm³/mol. The van der Waals surface area contributed by atoms with Gasteiger partial charge in [0, 0.05) is 11.1 Å². The zero-order chi connectivity index (χ0) is 13.1. The lowest BCUT2D eigenvalue weighted by Gasteiger charge is -2.19. The van der Waals surface area contributed by atoms with Crippen LogP contribution in [0.15, 0.2) is 72.1 Å².